The van der Waals surface area contributed by atoms with Gasteiger partial charge in [0.1, 0.15) is 6.04 Å². The van der Waals surface area contributed by atoms with E-state index >= 15 is 0 Å². The molecule has 96 valence electrons. The predicted octanol–water partition coefficient (Wildman–Crippen LogP) is 2.05. The van der Waals surface area contributed by atoms with Gasteiger partial charge in [-0.05, 0) is 30.8 Å². The monoisotopic (exact) mass is 239 g/mol. The second-order valence-electron chi connectivity index (χ2n) is 5.58. The Kier molecular flexibility index (Phi) is 4.32. The number of carboxylic acid groups (broad SMARTS) is 1. The summed E-state index contributed by atoms with van der Waals surface area (Å²) in [4.78, 5) is 24.5. The minimum absolute atomic E-state index is 0.0653. The molecule has 1 fully saturated rings. The largest absolute Gasteiger partial charge is 0.480 e. The van der Waals surface area contributed by atoms with Gasteiger partial charge >= 0.3 is 5.97 Å². The van der Waals surface area contributed by atoms with Crippen LogP contribution >= 0.6 is 0 Å². The number of piperidine rings is 1. The molecule has 0 aromatic heterocycles. The summed E-state index contributed by atoms with van der Waals surface area (Å²) in [6.45, 7) is 6.55. The maximum Gasteiger partial charge on any atom is 0.326 e. The molecule has 0 radical (unpaired) electrons. The summed E-state index contributed by atoms with van der Waals surface area (Å²) in [5, 5.41) is 9.07. The first-order chi connectivity index (χ1) is 7.81. The average molecular weight is 239 g/mol. The van der Waals surface area contributed by atoms with Crippen molar-refractivity contribution in [1.82, 2.24) is 4.90 Å². The molecule has 1 atom stereocenters. The van der Waals surface area contributed by atoms with Crippen molar-refractivity contribution in [3.05, 3.63) is 12.2 Å². The molecule has 0 aromatic carbocycles. The molecule has 1 heterocycles. The van der Waals surface area contributed by atoms with Crippen LogP contribution in [0, 0.1) is 5.41 Å². The number of hydrogen-bond donors (Lipinski definition) is 1. The summed E-state index contributed by atoms with van der Waals surface area (Å²) in [5.74, 6) is -1.09. The topological polar surface area (TPSA) is 57.6 Å². The fraction of sp³-hybridized carbons (Fsp3) is 0.692. The number of carbonyl (C=O) groups excluding carboxylic acids is 1. The number of likely N-dealkylation sites (tertiary alicyclic amines) is 1. The number of carboxylic acids is 1. The predicted molar refractivity (Wildman–Crippen MR) is 65.6 cm³/mol. The Balaban J connectivity index is 2.72. The third kappa shape index (κ3) is 4.21. The maximum atomic E-state index is 11.9. The molecular weight excluding hydrogens is 218 g/mol. The fourth-order valence-corrected chi connectivity index (χ4v) is 1.87. The Morgan fingerprint density at radius 1 is 1.29 bits per heavy atom. The van der Waals surface area contributed by atoms with Crippen LogP contribution in [0.1, 0.15) is 40.0 Å². The second kappa shape index (κ2) is 5.34. The molecule has 4 nitrogen and oxygen atoms in total. The van der Waals surface area contributed by atoms with Crippen LogP contribution in [0.25, 0.3) is 0 Å². The highest BCUT2D eigenvalue weighted by Gasteiger charge is 2.30. The van der Waals surface area contributed by atoms with Gasteiger partial charge in [-0.2, -0.15) is 0 Å². The van der Waals surface area contributed by atoms with Crippen molar-refractivity contribution < 1.29 is 14.7 Å². The summed E-state index contributed by atoms with van der Waals surface area (Å²) in [5.41, 5.74) is -0.0653. The lowest BCUT2D eigenvalue weighted by Crippen LogP contribution is -2.47. The van der Waals surface area contributed by atoms with E-state index in [1.165, 1.54) is 11.0 Å². The van der Waals surface area contributed by atoms with Crippen LogP contribution in [0.2, 0.25) is 0 Å². The first-order valence-corrected chi connectivity index (χ1v) is 6.04. The third-order valence-electron chi connectivity index (χ3n) is 2.80. The van der Waals surface area contributed by atoms with Crippen LogP contribution in [0.4, 0.5) is 0 Å². The third-order valence-corrected chi connectivity index (χ3v) is 2.80. The van der Waals surface area contributed by atoms with Gasteiger partial charge in [-0.15, -0.1) is 0 Å². The highest BCUT2D eigenvalue weighted by atomic mass is 16.4. The molecule has 1 saturated heterocycles. The second-order valence-corrected chi connectivity index (χ2v) is 5.58. The number of amides is 1. The molecule has 1 N–H and O–H groups in total. The van der Waals surface area contributed by atoms with Crippen LogP contribution in [0.3, 0.4) is 0 Å². The maximum absolute atomic E-state index is 11.9. The van der Waals surface area contributed by atoms with Crippen molar-refractivity contribution in [2.75, 3.05) is 6.54 Å². The number of aliphatic carboxylic acids is 1. The lowest BCUT2D eigenvalue weighted by Gasteiger charge is -2.32. The molecule has 4 heteroatoms. The quantitative estimate of drug-likeness (QED) is 0.750. The van der Waals surface area contributed by atoms with E-state index in [0.717, 1.165) is 12.8 Å². The average Bonchev–Trinajstić information content (AvgIpc) is 2.25. The van der Waals surface area contributed by atoms with E-state index in [1.807, 2.05) is 26.8 Å². The van der Waals surface area contributed by atoms with Crippen LogP contribution in [-0.4, -0.2) is 34.5 Å². The molecule has 0 spiro atoms. The van der Waals surface area contributed by atoms with Crippen molar-refractivity contribution in [2.45, 2.75) is 46.1 Å². The highest BCUT2D eigenvalue weighted by molar-refractivity contribution is 5.91. The Hall–Kier alpha value is -1.32. The number of nitrogens with zero attached hydrogens (tertiary/aromatic N) is 1. The smallest absolute Gasteiger partial charge is 0.326 e. The zero-order valence-electron chi connectivity index (χ0n) is 10.8. The van der Waals surface area contributed by atoms with Crippen LogP contribution in [0.15, 0.2) is 12.2 Å². The van der Waals surface area contributed by atoms with Crippen LogP contribution < -0.4 is 0 Å². The molecule has 0 aromatic rings. The fourth-order valence-electron chi connectivity index (χ4n) is 1.87. The SMILES string of the molecule is CC(C)(C)C=CC(=O)N1CCCCC1C(=O)O. The first kappa shape index (κ1) is 13.7. The molecule has 1 amide bonds. The number of allylic oxidation sites excluding steroid dienone is 1. The van der Waals surface area contributed by atoms with Gasteiger partial charge in [-0.25, -0.2) is 4.79 Å². The molecule has 1 aliphatic rings. The Morgan fingerprint density at radius 2 is 1.94 bits per heavy atom. The molecular formula is C13H21NO3. The van der Waals surface area contributed by atoms with E-state index in [1.54, 1.807) is 0 Å². The van der Waals surface area contributed by atoms with E-state index in [-0.39, 0.29) is 11.3 Å². The molecule has 1 rings (SSSR count). The molecule has 17 heavy (non-hydrogen) atoms. The molecule has 0 saturated carbocycles. The normalized spacial score (nSPS) is 21.8. The standard InChI is InChI=1S/C13H21NO3/c1-13(2,3)8-7-11(15)14-9-5-4-6-10(14)12(16)17/h7-8,10H,4-6,9H2,1-3H3,(H,16,17). The van der Waals surface area contributed by atoms with Crippen molar-refractivity contribution >= 4 is 11.9 Å². The van der Waals surface area contributed by atoms with Gasteiger partial charge in [0.25, 0.3) is 0 Å². The lowest BCUT2D eigenvalue weighted by atomic mass is 9.96. The summed E-state index contributed by atoms with van der Waals surface area (Å²) in [6.07, 6.45) is 5.65. The van der Waals surface area contributed by atoms with Crippen molar-refractivity contribution in [1.29, 1.82) is 0 Å². The minimum Gasteiger partial charge on any atom is -0.480 e. The van der Waals surface area contributed by atoms with Crippen LogP contribution in [-0.2, 0) is 9.59 Å². The summed E-state index contributed by atoms with van der Waals surface area (Å²) in [6, 6.07) is -0.652. The first-order valence-electron chi connectivity index (χ1n) is 6.04. The Bertz CT molecular complexity index is 328. The molecule has 1 unspecified atom stereocenters. The van der Waals surface area contributed by atoms with Gasteiger partial charge in [-0.1, -0.05) is 26.8 Å². The van der Waals surface area contributed by atoms with Crippen LogP contribution in [0.5, 0.6) is 0 Å². The van der Waals surface area contributed by atoms with E-state index in [2.05, 4.69) is 0 Å². The highest BCUT2D eigenvalue weighted by Crippen LogP contribution is 2.19. The van der Waals surface area contributed by atoms with E-state index in [9.17, 15) is 9.59 Å². The summed E-state index contributed by atoms with van der Waals surface area (Å²) >= 11 is 0. The minimum atomic E-state index is -0.901. The van der Waals surface area contributed by atoms with Gasteiger partial charge in [0.2, 0.25) is 5.91 Å². The van der Waals surface area contributed by atoms with Gasteiger partial charge < -0.3 is 10.0 Å². The van der Waals surface area contributed by atoms with Crippen molar-refractivity contribution in [2.24, 2.45) is 5.41 Å². The van der Waals surface area contributed by atoms with E-state index < -0.39 is 12.0 Å². The van der Waals surface area contributed by atoms with Gasteiger partial charge in [0, 0.05) is 6.54 Å². The van der Waals surface area contributed by atoms with Gasteiger partial charge in [0.05, 0.1) is 0 Å². The zero-order chi connectivity index (χ0) is 13.1. The zero-order valence-corrected chi connectivity index (χ0v) is 10.8. The Labute approximate surface area is 102 Å². The Morgan fingerprint density at radius 3 is 2.47 bits per heavy atom. The van der Waals surface area contributed by atoms with E-state index in [4.69, 9.17) is 5.11 Å². The summed E-state index contributed by atoms with van der Waals surface area (Å²) < 4.78 is 0. The van der Waals surface area contributed by atoms with E-state index in [0.29, 0.717) is 13.0 Å². The number of hydrogen-bond acceptors (Lipinski definition) is 2. The lowest BCUT2D eigenvalue weighted by molar-refractivity contribution is -0.150. The number of carbonyl (C=O) groups is 2. The molecule has 1 aliphatic heterocycles. The number of rotatable bonds is 2. The summed E-state index contributed by atoms with van der Waals surface area (Å²) in [7, 11) is 0. The van der Waals surface area contributed by atoms with Crippen molar-refractivity contribution in [3.8, 4) is 0 Å². The van der Waals surface area contributed by atoms with Gasteiger partial charge in [-0.3, -0.25) is 4.79 Å². The van der Waals surface area contributed by atoms with Crippen molar-refractivity contribution in [3.63, 3.8) is 0 Å². The molecule has 0 bridgehead atoms. The van der Waals surface area contributed by atoms with Gasteiger partial charge in [0.15, 0.2) is 0 Å². The molecule has 0 aliphatic carbocycles.